The Labute approximate surface area is 128 Å². The van der Waals surface area contributed by atoms with Crippen molar-refractivity contribution < 1.29 is 8.42 Å². The summed E-state index contributed by atoms with van der Waals surface area (Å²) in [5, 5.41) is 4.20. The maximum Gasteiger partial charge on any atom is 0.266 e. The van der Waals surface area contributed by atoms with E-state index in [4.69, 9.17) is 22.3 Å². The van der Waals surface area contributed by atoms with E-state index in [0.29, 0.717) is 17.8 Å². The molecule has 0 atom stereocenters. The number of nitrogens with zero attached hydrogens (tertiary/aromatic N) is 2. The molecule has 1 heterocycles. The van der Waals surface area contributed by atoms with E-state index in [2.05, 4.69) is 21.0 Å². The minimum absolute atomic E-state index is 0.00540. The Balaban J connectivity index is 2.67. The Bertz CT molecular complexity index is 711. The van der Waals surface area contributed by atoms with Crippen molar-refractivity contribution in [2.45, 2.75) is 18.2 Å². The van der Waals surface area contributed by atoms with E-state index in [-0.39, 0.29) is 10.0 Å². The summed E-state index contributed by atoms with van der Waals surface area (Å²) in [7, 11) is 1.48. The monoisotopic (exact) mass is 382 g/mol. The molecule has 0 aliphatic carbocycles. The predicted octanol–water partition coefficient (Wildman–Crippen LogP) is 3.78. The third kappa shape index (κ3) is 2.97. The lowest BCUT2D eigenvalue weighted by molar-refractivity contribution is 0.608. The van der Waals surface area contributed by atoms with E-state index in [0.717, 1.165) is 4.47 Å². The lowest BCUT2D eigenvalue weighted by atomic mass is 10.3. The Morgan fingerprint density at radius 3 is 2.32 bits per heavy atom. The summed E-state index contributed by atoms with van der Waals surface area (Å²) in [5.41, 5.74) is 1.01. The van der Waals surface area contributed by atoms with Gasteiger partial charge < -0.3 is 0 Å². The number of hydrogen-bond donors (Lipinski definition) is 0. The molecule has 0 spiro atoms. The van der Waals surface area contributed by atoms with Crippen LogP contribution in [0.1, 0.15) is 12.6 Å². The molecule has 0 aliphatic rings. The van der Waals surface area contributed by atoms with Crippen LogP contribution < -0.4 is 0 Å². The zero-order chi connectivity index (χ0) is 14.2. The molecule has 1 aromatic carbocycles. The van der Waals surface area contributed by atoms with Gasteiger partial charge in [-0.25, -0.2) is 13.1 Å². The zero-order valence-corrected chi connectivity index (χ0v) is 13.7. The zero-order valence-electron chi connectivity index (χ0n) is 9.77. The topological polar surface area (TPSA) is 52.0 Å². The predicted molar refractivity (Wildman–Crippen MR) is 78.7 cm³/mol. The number of benzene rings is 1. The quantitative estimate of drug-likeness (QED) is 0.758. The van der Waals surface area contributed by atoms with Gasteiger partial charge in [-0.1, -0.05) is 34.5 Å². The van der Waals surface area contributed by atoms with Gasteiger partial charge in [0.2, 0.25) is 0 Å². The Morgan fingerprint density at radius 2 is 1.89 bits per heavy atom. The van der Waals surface area contributed by atoms with Crippen LogP contribution >= 0.6 is 38.2 Å². The van der Waals surface area contributed by atoms with Crippen LogP contribution in [0.5, 0.6) is 0 Å². The molecular weight excluding hydrogens is 375 g/mol. The second kappa shape index (κ2) is 5.44. The maximum absolute atomic E-state index is 11.6. The van der Waals surface area contributed by atoms with Crippen molar-refractivity contribution in [3.05, 3.63) is 39.6 Å². The second-order valence-electron chi connectivity index (χ2n) is 3.75. The summed E-state index contributed by atoms with van der Waals surface area (Å²) in [6.07, 6.45) is 0.421. The molecule has 0 unspecified atom stereocenters. The highest BCUT2D eigenvalue weighted by atomic mass is 79.9. The van der Waals surface area contributed by atoms with Gasteiger partial charge in [0.15, 0.2) is 5.15 Å². The molecule has 0 fully saturated rings. The SMILES string of the molecule is CCc1nn(-c2ccc(Br)cc2)c(Cl)c1S(=O)(=O)Cl. The number of rotatable bonds is 3. The molecular formula is C11H9BrCl2N2O2S. The number of hydrogen-bond acceptors (Lipinski definition) is 3. The first-order chi connectivity index (χ1) is 8.84. The normalized spacial score (nSPS) is 11.8. The van der Waals surface area contributed by atoms with Crippen LogP contribution in [-0.4, -0.2) is 18.2 Å². The Kier molecular flexibility index (Phi) is 4.25. The highest BCUT2D eigenvalue weighted by molar-refractivity contribution is 9.10. The standard InChI is InChI=1S/C11H9BrCl2N2O2S/c1-2-9-10(19(14,17)18)11(13)16(15-9)8-5-3-7(12)4-6-8/h3-6H,2H2,1H3. The number of halogens is 3. The fourth-order valence-electron chi connectivity index (χ4n) is 1.65. The summed E-state index contributed by atoms with van der Waals surface area (Å²) < 4.78 is 25.4. The Morgan fingerprint density at radius 1 is 1.32 bits per heavy atom. The molecule has 0 N–H and O–H groups in total. The van der Waals surface area contributed by atoms with Crippen LogP contribution in [0.15, 0.2) is 33.6 Å². The van der Waals surface area contributed by atoms with E-state index in [1.807, 2.05) is 12.1 Å². The molecule has 102 valence electrons. The first kappa shape index (κ1) is 14.8. The summed E-state index contributed by atoms with van der Waals surface area (Å²) in [6, 6.07) is 7.17. The molecule has 0 saturated carbocycles. The van der Waals surface area contributed by atoms with Crippen molar-refractivity contribution in [1.82, 2.24) is 9.78 Å². The van der Waals surface area contributed by atoms with Crippen LogP contribution in [-0.2, 0) is 15.5 Å². The fourth-order valence-corrected chi connectivity index (χ4v) is 3.82. The molecule has 0 bridgehead atoms. The largest absolute Gasteiger partial charge is 0.266 e. The van der Waals surface area contributed by atoms with Gasteiger partial charge in [0.25, 0.3) is 9.05 Å². The summed E-state index contributed by atoms with van der Waals surface area (Å²) in [5.74, 6) is 0. The highest BCUT2D eigenvalue weighted by Crippen LogP contribution is 2.31. The average Bonchev–Trinajstić information content (AvgIpc) is 2.67. The van der Waals surface area contributed by atoms with Gasteiger partial charge >= 0.3 is 0 Å². The summed E-state index contributed by atoms with van der Waals surface area (Å²) >= 11 is 9.41. The van der Waals surface area contributed by atoms with Crippen LogP contribution in [0.3, 0.4) is 0 Å². The number of aromatic nitrogens is 2. The lowest BCUT2D eigenvalue weighted by Gasteiger charge is -2.02. The van der Waals surface area contributed by atoms with Gasteiger partial charge in [-0.15, -0.1) is 0 Å². The van der Waals surface area contributed by atoms with Gasteiger partial charge in [0, 0.05) is 15.2 Å². The van der Waals surface area contributed by atoms with Gasteiger partial charge in [-0.2, -0.15) is 5.10 Å². The highest BCUT2D eigenvalue weighted by Gasteiger charge is 2.25. The molecule has 1 aromatic heterocycles. The molecule has 2 rings (SSSR count). The van der Waals surface area contributed by atoms with Crippen LogP contribution in [0, 0.1) is 0 Å². The van der Waals surface area contributed by atoms with Crippen LogP contribution in [0.4, 0.5) is 0 Å². The van der Waals surface area contributed by atoms with Gasteiger partial charge in [0.05, 0.1) is 11.4 Å². The molecule has 8 heteroatoms. The molecule has 0 amide bonds. The molecule has 4 nitrogen and oxygen atoms in total. The van der Waals surface area contributed by atoms with Crippen molar-refractivity contribution in [2.75, 3.05) is 0 Å². The molecule has 19 heavy (non-hydrogen) atoms. The maximum atomic E-state index is 11.6. The number of aryl methyl sites for hydroxylation is 1. The lowest BCUT2D eigenvalue weighted by Crippen LogP contribution is -1.97. The average molecular weight is 384 g/mol. The minimum Gasteiger partial charge on any atom is -0.221 e. The van der Waals surface area contributed by atoms with Gasteiger partial charge in [-0.3, -0.25) is 0 Å². The van der Waals surface area contributed by atoms with E-state index >= 15 is 0 Å². The first-order valence-corrected chi connectivity index (χ1v) is 8.80. The van der Waals surface area contributed by atoms with E-state index < -0.39 is 9.05 Å². The third-order valence-electron chi connectivity index (χ3n) is 2.51. The first-order valence-electron chi connectivity index (χ1n) is 5.32. The fraction of sp³-hybridized carbons (Fsp3) is 0.182. The summed E-state index contributed by atoms with van der Waals surface area (Å²) in [4.78, 5) is -0.124. The van der Waals surface area contributed by atoms with Gasteiger partial charge in [-0.05, 0) is 30.7 Å². The van der Waals surface area contributed by atoms with Crippen LogP contribution in [0.2, 0.25) is 5.15 Å². The molecule has 2 aromatic rings. The molecule has 0 radical (unpaired) electrons. The van der Waals surface area contributed by atoms with E-state index in [1.165, 1.54) is 4.68 Å². The van der Waals surface area contributed by atoms with Gasteiger partial charge in [0.1, 0.15) is 4.90 Å². The van der Waals surface area contributed by atoms with E-state index in [1.54, 1.807) is 19.1 Å². The smallest absolute Gasteiger partial charge is 0.221 e. The van der Waals surface area contributed by atoms with Crippen molar-refractivity contribution in [2.24, 2.45) is 0 Å². The Hall–Kier alpha value is -0.560. The van der Waals surface area contributed by atoms with E-state index in [9.17, 15) is 8.42 Å². The minimum atomic E-state index is -3.92. The third-order valence-corrected chi connectivity index (χ3v) is 4.88. The second-order valence-corrected chi connectivity index (χ2v) is 7.52. The summed E-state index contributed by atoms with van der Waals surface area (Å²) in [6.45, 7) is 1.79. The van der Waals surface area contributed by atoms with Crippen molar-refractivity contribution in [3.63, 3.8) is 0 Å². The van der Waals surface area contributed by atoms with Crippen LogP contribution in [0.25, 0.3) is 5.69 Å². The molecule has 0 aliphatic heterocycles. The van der Waals surface area contributed by atoms with Crippen molar-refractivity contribution in [3.8, 4) is 5.69 Å². The van der Waals surface area contributed by atoms with Crippen molar-refractivity contribution >= 4 is 47.3 Å². The van der Waals surface area contributed by atoms with Crippen molar-refractivity contribution in [1.29, 1.82) is 0 Å². The molecule has 0 saturated heterocycles.